The lowest BCUT2D eigenvalue weighted by Crippen LogP contribution is -2.05. The van der Waals surface area contributed by atoms with Gasteiger partial charge in [-0.1, -0.05) is 43.1 Å². The van der Waals surface area contributed by atoms with Crippen molar-refractivity contribution in [3.8, 4) is 5.69 Å². The zero-order valence-electron chi connectivity index (χ0n) is 11.4. The highest BCUT2D eigenvalue weighted by Crippen LogP contribution is 2.30. The summed E-state index contributed by atoms with van der Waals surface area (Å²) < 4.78 is 6.33. The lowest BCUT2D eigenvalue weighted by Gasteiger charge is -2.10. The molecule has 4 nitrogen and oxygen atoms in total. The van der Waals surface area contributed by atoms with Gasteiger partial charge in [-0.3, -0.25) is 0 Å². The number of rotatable bonds is 3. The maximum Gasteiger partial charge on any atom is 0.360 e. The first-order chi connectivity index (χ1) is 9.45. The van der Waals surface area contributed by atoms with Crippen LogP contribution in [0, 0.1) is 0 Å². The Morgan fingerprint density at radius 1 is 1.35 bits per heavy atom. The predicted molar refractivity (Wildman–Crippen MR) is 79.0 cm³/mol. The second-order valence-electron chi connectivity index (χ2n) is 4.59. The topological polar surface area (TPSA) is 44.1 Å². The maximum absolute atomic E-state index is 11.7. The van der Waals surface area contributed by atoms with Gasteiger partial charge in [-0.2, -0.15) is 5.10 Å². The summed E-state index contributed by atoms with van der Waals surface area (Å²) in [4.78, 5) is 11.7. The van der Waals surface area contributed by atoms with Gasteiger partial charge in [-0.15, -0.1) is 0 Å². The van der Waals surface area contributed by atoms with E-state index in [1.54, 1.807) is 16.8 Å². The average Bonchev–Trinajstić information content (AvgIpc) is 2.75. The molecule has 0 N–H and O–H groups in total. The van der Waals surface area contributed by atoms with Crippen molar-refractivity contribution < 1.29 is 9.53 Å². The summed E-state index contributed by atoms with van der Waals surface area (Å²) in [5, 5.41) is 5.16. The van der Waals surface area contributed by atoms with Gasteiger partial charge in [0.15, 0.2) is 5.69 Å². The molecule has 1 heterocycles. The summed E-state index contributed by atoms with van der Waals surface area (Å²) in [5.41, 5.74) is 1.60. The minimum absolute atomic E-state index is 0.0902. The molecule has 0 aliphatic rings. The lowest BCUT2D eigenvalue weighted by molar-refractivity contribution is 0.0593. The average molecular weight is 313 g/mol. The van der Waals surface area contributed by atoms with Crippen molar-refractivity contribution in [1.82, 2.24) is 9.78 Å². The zero-order chi connectivity index (χ0) is 14.9. The van der Waals surface area contributed by atoms with E-state index in [-0.39, 0.29) is 11.6 Å². The van der Waals surface area contributed by atoms with Gasteiger partial charge in [0.1, 0.15) is 0 Å². The number of ether oxygens (including phenoxy) is 1. The number of carbonyl (C=O) groups is 1. The number of hydrogen-bond acceptors (Lipinski definition) is 3. The fourth-order valence-electron chi connectivity index (χ4n) is 1.94. The molecule has 0 amide bonds. The molecule has 6 heteroatoms. The Morgan fingerprint density at radius 3 is 2.60 bits per heavy atom. The largest absolute Gasteiger partial charge is 0.464 e. The van der Waals surface area contributed by atoms with Gasteiger partial charge >= 0.3 is 5.97 Å². The SMILES string of the molecule is COC(=O)c1nn(-c2cccc(Cl)c2)c(C(C)C)c1Cl. The Morgan fingerprint density at radius 2 is 2.05 bits per heavy atom. The van der Waals surface area contributed by atoms with Crippen LogP contribution in [0.4, 0.5) is 0 Å². The number of esters is 1. The maximum atomic E-state index is 11.7. The van der Waals surface area contributed by atoms with E-state index in [2.05, 4.69) is 5.10 Å². The van der Waals surface area contributed by atoms with Crippen LogP contribution in [0.2, 0.25) is 10.0 Å². The third kappa shape index (κ3) is 2.67. The molecule has 106 valence electrons. The van der Waals surface area contributed by atoms with Crippen molar-refractivity contribution in [3.05, 3.63) is 45.7 Å². The Bertz CT molecular complexity index is 651. The minimum Gasteiger partial charge on any atom is -0.464 e. The number of methoxy groups -OCH3 is 1. The molecule has 0 spiro atoms. The first kappa shape index (κ1) is 14.9. The van der Waals surface area contributed by atoms with E-state index < -0.39 is 5.97 Å². The minimum atomic E-state index is -0.558. The normalized spacial score (nSPS) is 10.9. The molecule has 2 aromatic rings. The van der Waals surface area contributed by atoms with E-state index in [9.17, 15) is 4.79 Å². The molecular formula is C14H14Cl2N2O2. The van der Waals surface area contributed by atoms with E-state index in [4.69, 9.17) is 27.9 Å². The second kappa shape index (κ2) is 5.85. The molecule has 0 aliphatic carbocycles. The van der Waals surface area contributed by atoms with Crippen LogP contribution < -0.4 is 0 Å². The Hall–Kier alpha value is -1.52. The van der Waals surface area contributed by atoms with Crippen LogP contribution in [0.1, 0.15) is 35.9 Å². The van der Waals surface area contributed by atoms with Crippen molar-refractivity contribution in [3.63, 3.8) is 0 Å². The molecule has 0 saturated heterocycles. The Labute approximate surface area is 127 Å². The fourth-order valence-corrected chi connectivity index (χ4v) is 2.54. The molecule has 0 aliphatic heterocycles. The molecule has 0 fully saturated rings. The second-order valence-corrected chi connectivity index (χ2v) is 5.40. The fraction of sp³-hybridized carbons (Fsp3) is 0.286. The quantitative estimate of drug-likeness (QED) is 0.802. The zero-order valence-corrected chi connectivity index (χ0v) is 12.9. The van der Waals surface area contributed by atoms with E-state index in [0.717, 1.165) is 11.4 Å². The highest BCUT2D eigenvalue weighted by molar-refractivity contribution is 6.34. The number of aromatic nitrogens is 2. The molecule has 0 saturated carbocycles. The van der Waals surface area contributed by atoms with Crippen molar-refractivity contribution >= 4 is 29.2 Å². The molecule has 0 bridgehead atoms. The molecule has 0 unspecified atom stereocenters. The van der Waals surface area contributed by atoms with Crippen LogP contribution in [0.15, 0.2) is 24.3 Å². The van der Waals surface area contributed by atoms with Crippen LogP contribution in [-0.2, 0) is 4.74 Å². The van der Waals surface area contributed by atoms with E-state index in [1.807, 2.05) is 26.0 Å². The van der Waals surface area contributed by atoms with E-state index in [0.29, 0.717) is 10.0 Å². The van der Waals surface area contributed by atoms with Crippen LogP contribution >= 0.6 is 23.2 Å². The molecule has 1 aromatic carbocycles. The highest BCUT2D eigenvalue weighted by atomic mass is 35.5. The van der Waals surface area contributed by atoms with Gasteiger partial charge in [-0.05, 0) is 24.1 Å². The number of halogens is 2. The van der Waals surface area contributed by atoms with Gasteiger partial charge in [-0.25, -0.2) is 9.48 Å². The third-order valence-electron chi connectivity index (χ3n) is 2.84. The first-order valence-electron chi connectivity index (χ1n) is 6.08. The first-order valence-corrected chi connectivity index (χ1v) is 6.84. The molecule has 2 rings (SSSR count). The van der Waals surface area contributed by atoms with Crippen molar-refractivity contribution in [2.75, 3.05) is 7.11 Å². The third-order valence-corrected chi connectivity index (χ3v) is 3.45. The van der Waals surface area contributed by atoms with E-state index >= 15 is 0 Å². The van der Waals surface area contributed by atoms with Crippen molar-refractivity contribution in [2.45, 2.75) is 19.8 Å². The number of carbonyl (C=O) groups excluding carboxylic acids is 1. The number of nitrogens with zero attached hydrogens (tertiary/aromatic N) is 2. The number of benzene rings is 1. The van der Waals surface area contributed by atoms with Gasteiger partial charge in [0, 0.05) is 5.02 Å². The molecule has 0 atom stereocenters. The smallest absolute Gasteiger partial charge is 0.360 e. The van der Waals surface area contributed by atoms with Gasteiger partial charge < -0.3 is 4.74 Å². The summed E-state index contributed by atoms with van der Waals surface area (Å²) in [6.45, 7) is 3.95. The highest BCUT2D eigenvalue weighted by Gasteiger charge is 2.24. The standard InChI is InChI=1S/C14H14Cl2N2O2/c1-8(2)13-11(16)12(14(19)20-3)17-18(13)10-6-4-5-9(15)7-10/h4-8H,1-3H3. The van der Waals surface area contributed by atoms with Gasteiger partial charge in [0.25, 0.3) is 0 Å². The Kier molecular flexibility index (Phi) is 4.35. The van der Waals surface area contributed by atoms with Gasteiger partial charge in [0.05, 0.1) is 23.5 Å². The lowest BCUT2D eigenvalue weighted by atomic mass is 10.1. The predicted octanol–water partition coefficient (Wildman–Crippen LogP) is 4.09. The monoisotopic (exact) mass is 312 g/mol. The summed E-state index contributed by atoms with van der Waals surface area (Å²) >= 11 is 12.3. The van der Waals surface area contributed by atoms with Crippen molar-refractivity contribution in [1.29, 1.82) is 0 Å². The van der Waals surface area contributed by atoms with Crippen LogP contribution in [0.25, 0.3) is 5.69 Å². The summed E-state index contributed by atoms with van der Waals surface area (Å²) in [5.74, 6) is -0.468. The van der Waals surface area contributed by atoms with Crippen LogP contribution in [0.5, 0.6) is 0 Å². The summed E-state index contributed by atoms with van der Waals surface area (Å²) in [6.07, 6.45) is 0. The van der Waals surface area contributed by atoms with Crippen LogP contribution in [-0.4, -0.2) is 22.9 Å². The molecule has 20 heavy (non-hydrogen) atoms. The summed E-state index contributed by atoms with van der Waals surface area (Å²) in [6, 6.07) is 7.20. The number of hydrogen-bond donors (Lipinski definition) is 0. The van der Waals surface area contributed by atoms with Crippen LogP contribution in [0.3, 0.4) is 0 Å². The van der Waals surface area contributed by atoms with Crippen molar-refractivity contribution in [2.24, 2.45) is 0 Å². The Balaban J connectivity index is 2.66. The molecule has 1 aromatic heterocycles. The molecular weight excluding hydrogens is 299 g/mol. The van der Waals surface area contributed by atoms with Gasteiger partial charge in [0.2, 0.25) is 0 Å². The molecule has 0 radical (unpaired) electrons. The van der Waals surface area contributed by atoms with E-state index in [1.165, 1.54) is 7.11 Å². The summed E-state index contributed by atoms with van der Waals surface area (Å²) in [7, 11) is 1.30.